The summed E-state index contributed by atoms with van der Waals surface area (Å²) in [5, 5.41) is 5.24. The predicted molar refractivity (Wildman–Crippen MR) is 76.3 cm³/mol. The van der Waals surface area contributed by atoms with Gasteiger partial charge in [-0.3, -0.25) is 19.2 Å². The van der Waals surface area contributed by atoms with Crippen LogP contribution in [0.3, 0.4) is 0 Å². The Bertz CT molecular complexity index is 448. The highest BCUT2D eigenvalue weighted by Crippen LogP contribution is 2.25. The van der Waals surface area contributed by atoms with Gasteiger partial charge in [0.25, 0.3) is 5.91 Å². The number of carbonyl (C=O) groups excluding carboxylic acids is 4. The number of likely N-dealkylation sites (tertiary alicyclic amines) is 1. The summed E-state index contributed by atoms with van der Waals surface area (Å²) in [5.74, 6) is -2.67. The molecule has 7 nitrogen and oxygen atoms in total. The largest absolute Gasteiger partial charge is 0.359 e. The highest BCUT2D eigenvalue weighted by atomic mass is 16.2. The molecule has 0 aromatic carbocycles. The maximum atomic E-state index is 12.4. The molecule has 0 aromatic heterocycles. The van der Waals surface area contributed by atoms with Crippen LogP contribution in [0.2, 0.25) is 0 Å². The summed E-state index contributed by atoms with van der Waals surface area (Å²) in [6.07, 6.45) is 1.10. The van der Waals surface area contributed by atoms with Crippen LogP contribution in [0.25, 0.3) is 0 Å². The Labute approximate surface area is 124 Å². The molecule has 118 valence electrons. The molecule has 2 unspecified atom stereocenters. The van der Waals surface area contributed by atoms with Gasteiger partial charge in [0.2, 0.25) is 17.6 Å². The van der Waals surface area contributed by atoms with E-state index in [9.17, 15) is 19.2 Å². The van der Waals surface area contributed by atoms with Crippen LogP contribution in [0.15, 0.2) is 0 Å². The summed E-state index contributed by atoms with van der Waals surface area (Å²) < 4.78 is 0. The molecule has 2 atom stereocenters. The number of nitrogens with one attached hydrogen (secondary N) is 2. The van der Waals surface area contributed by atoms with Crippen LogP contribution in [0, 0.1) is 5.92 Å². The second-order valence-corrected chi connectivity index (χ2v) is 5.53. The molecule has 1 saturated heterocycles. The number of hydrogen-bond donors (Lipinski definition) is 2. The Morgan fingerprint density at radius 1 is 1.14 bits per heavy atom. The summed E-state index contributed by atoms with van der Waals surface area (Å²) in [4.78, 5) is 49.0. The molecule has 1 rings (SSSR count). The Hall–Kier alpha value is -1.92. The van der Waals surface area contributed by atoms with E-state index in [0.717, 1.165) is 0 Å². The van der Waals surface area contributed by atoms with Crippen molar-refractivity contribution in [3.8, 4) is 0 Å². The molecule has 1 fully saturated rings. The quantitative estimate of drug-likeness (QED) is 0.681. The van der Waals surface area contributed by atoms with Gasteiger partial charge in [-0.05, 0) is 26.7 Å². The third kappa shape index (κ3) is 4.03. The molecule has 0 radical (unpaired) electrons. The van der Waals surface area contributed by atoms with Crippen molar-refractivity contribution in [1.82, 2.24) is 15.5 Å². The topological polar surface area (TPSA) is 95.6 Å². The number of piperidine rings is 1. The lowest BCUT2D eigenvalue weighted by Gasteiger charge is -2.39. The molecule has 0 bridgehead atoms. The van der Waals surface area contributed by atoms with Gasteiger partial charge in [-0.25, -0.2) is 0 Å². The summed E-state index contributed by atoms with van der Waals surface area (Å²) in [5.41, 5.74) is 0. The van der Waals surface area contributed by atoms with E-state index in [1.807, 2.05) is 0 Å². The van der Waals surface area contributed by atoms with Crippen LogP contribution in [0.5, 0.6) is 0 Å². The van der Waals surface area contributed by atoms with Gasteiger partial charge < -0.3 is 15.5 Å². The number of hydrogen-bond acceptors (Lipinski definition) is 4. The molecule has 1 heterocycles. The molecular formula is C14H23N3O4. The van der Waals surface area contributed by atoms with Gasteiger partial charge in [0.1, 0.15) is 6.04 Å². The van der Waals surface area contributed by atoms with Gasteiger partial charge in [-0.1, -0.05) is 0 Å². The highest BCUT2D eigenvalue weighted by molar-refractivity contribution is 6.35. The van der Waals surface area contributed by atoms with E-state index in [0.29, 0.717) is 19.4 Å². The van der Waals surface area contributed by atoms with E-state index in [4.69, 9.17) is 0 Å². The predicted octanol–water partition coefficient (Wildman–Crippen LogP) is -0.547. The van der Waals surface area contributed by atoms with Gasteiger partial charge in [0, 0.05) is 26.6 Å². The SMILES string of the molecule is CNC(=O)C1CCCN(C(=O)C(C)=O)C1C(=O)NC(C)C. The van der Waals surface area contributed by atoms with Crippen molar-refractivity contribution < 1.29 is 19.2 Å². The molecule has 1 aliphatic heterocycles. The number of nitrogens with zero attached hydrogens (tertiary/aromatic N) is 1. The third-order valence-corrected chi connectivity index (χ3v) is 3.48. The van der Waals surface area contributed by atoms with Gasteiger partial charge in [0.15, 0.2) is 0 Å². The van der Waals surface area contributed by atoms with Crippen LogP contribution in [0.1, 0.15) is 33.6 Å². The first-order chi connectivity index (χ1) is 9.79. The number of rotatable bonds is 4. The number of ketones is 1. The van der Waals surface area contributed by atoms with Gasteiger partial charge >= 0.3 is 0 Å². The lowest BCUT2D eigenvalue weighted by Crippen LogP contribution is -2.60. The van der Waals surface area contributed by atoms with Crippen molar-refractivity contribution in [3.05, 3.63) is 0 Å². The summed E-state index contributed by atoms with van der Waals surface area (Å²) in [6, 6.07) is -1.04. The smallest absolute Gasteiger partial charge is 0.290 e. The van der Waals surface area contributed by atoms with Crippen LogP contribution in [0.4, 0.5) is 0 Å². The number of amides is 3. The Kier molecular flexibility index (Phi) is 5.87. The molecular weight excluding hydrogens is 274 g/mol. The van der Waals surface area contributed by atoms with E-state index < -0.39 is 29.6 Å². The van der Waals surface area contributed by atoms with Crippen LogP contribution >= 0.6 is 0 Å². The first-order valence-corrected chi connectivity index (χ1v) is 7.13. The minimum Gasteiger partial charge on any atom is -0.359 e. The molecule has 21 heavy (non-hydrogen) atoms. The van der Waals surface area contributed by atoms with Crippen molar-refractivity contribution in [2.75, 3.05) is 13.6 Å². The minimum atomic E-state index is -0.933. The molecule has 3 amide bonds. The number of Topliss-reactive ketones (excluding diaryl/α,β-unsaturated/α-hetero) is 1. The van der Waals surface area contributed by atoms with Crippen LogP contribution < -0.4 is 10.6 Å². The highest BCUT2D eigenvalue weighted by Gasteiger charge is 2.43. The van der Waals surface area contributed by atoms with Gasteiger partial charge in [-0.2, -0.15) is 0 Å². The second kappa shape index (κ2) is 7.19. The molecule has 0 aliphatic carbocycles. The van der Waals surface area contributed by atoms with Crippen molar-refractivity contribution >= 4 is 23.5 Å². The van der Waals surface area contributed by atoms with Gasteiger partial charge in [-0.15, -0.1) is 0 Å². The van der Waals surface area contributed by atoms with Crippen molar-refractivity contribution in [2.45, 2.75) is 45.7 Å². The Balaban J connectivity index is 3.10. The van der Waals surface area contributed by atoms with E-state index >= 15 is 0 Å². The lowest BCUT2D eigenvalue weighted by atomic mass is 9.87. The molecule has 0 spiro atoms. The van der Waals surface area contributed by atoms with E-state index in [1.54, 1.807) is 13.8 Å². The lowest BCUT2D eigenvalue weighted by molar-refractivity contribution is -0.153. The first-order valence-electron chi connectivity index (χ1n) is 7.13. The standard InChI is InChI=1S/C14H23N3O4/c1-8(2)16-13(20)11-10(12(19)15-4)6-5-7-17(11)14(21)9(3)18/h8,10-11H,5-7H2,1-4H3,(H,15,19)(H,16,20). The molecule has 1 aliphatic rings. The minimum absolute atomic E-state index is 0.112. The zero-order chi connectivity index (χ0) is 16.2. The Morgan fingerprint density at radius 3 is 2.24 bits per heavy atom. The van der Waals surface area contributed by atoms with Crippen LogP contribution in [-0.2, 0) is 19.2 Å². The molecule has 7 heteroatoms. The van der Waals surface area contributed by atoms with E-state index in [-0.39, 0.29) is 11.9 Å². The van der Waals surface area contributed by atoms with E-state index in [2.05, 4.69) is 10.6 Å². The Morgan fingerprint density at radius 2 is 1.76 bits per heavy atom. The zero-order valence-corrected chi connectivity index (χ0v) is 12.9. The maximum absolute atomic E-state index is 12.4. The van der Waals surface area contributed by atoms with Crippen molar-refractivity contribution in [3.63, 3.8) is 0 Å². The zero-order valence-electron chi connectivity index (χ0n) is 12.9. The van der Waals surface area contributed by atoms with Crippen molar-refractivity contribution in [2.24, 2.45) is 5.92 Å². The normalized spacial score (nSPS) is 21.9. The summed E-state index contributed by atoms with van der Waals surface area (Å²) in [6.45, 7) is 5.07. The fraction of sp³-hybridized carbons (Fsp3) is 0.714. The summed E-state index contributed by atoms with van der Waals surface area (Å²) >= 11 is 0. The second-order valence-electron chi connectivity index (χ2n) is 5.53. The van der Waals surface area contributed by atoms with Crippen molar-refractivity contribution in [1.29, 1.82) is 0 Å². The molecule has 0 aromatic rings. The fourth-order valence-corrected chi connectivity index (χ4v) is 2.58. The summed E-state index contributed by atoms with van der Waals surface area (Å²) in [7, 11) is 1.49. The number of carbonyl (C=O) groups is 4. The van der Waals surface area contributed by atoms with E-state index in [1.165, 1.54) is 18.9 Å². The average Bonchev–Trinajstić information content (AvgIpc) is 2.43. The molecule has 2 N–H and O–H groups in total. The fourth-order valence-electron chi connectivity index (χ4n) is 2.58. The first kappa shape index (κ1) is 17.1. The third-order valence-electron chi connectivity index (χ3n) is 3.48. The average molecular weight is 297 g/mol. The monoisotopic (exact) mass is 297 g/mol. The maximum Gasteiger partial charge on any atom is 0.290 e. The molecule has 0 saturated carbocycles. The van der Waals surface area contributed by atoms with Crippen LogP contribution in [-0.4, -0.2) is 54.1 Å². The van der Waals surface area contributed by atoms with Gasteiger partial charge in [0.05, 0.1) is 5.92 Å².